The molecule has 0 saturated carbocycles. The Hall–Kier alpha value is -2.35. The lowest BCUT2D eigenvalue weighted by molar-refractivity contribution is -0.113. The fourth-order valence-corrected chi connectivity index (χ4v) is 3.76. The monoisotopic (exact) mass is 388 g/mol. The van der Waals surface area contributed by atoms with Crippen molar-refractivity contribution >= 4 is 40.7 Å². The molecule has 0 aromatic carbocycles. The molecule has 0 bridgehead atoms. The minimum Gasteiger partial charge on any atom is -0.444 e. The van der Waals surface area contributed by atoms with Gasteiger partial charge >= 0.3 is 6.09 Å². The van der Waals surface area contributed by atoms with Crippen LogP contribution in [0.1, 0.15) is 45.6 Å². The predicted octanol–water partition coefficient (Wildman–Crippen LogP) is 3.88. The zero-order valence-corrected chi connectivity index (χ0v) is 16.6. The lowest BCUT2D eigenvalue weighted by atomic mass is 10.1. The van der Waals surface area contributed by atoms with Gasteiger partial charge in [0.25, 0.3) is 5.91 Å². The van der Waals surface area contributed by atoms with Crippen LogP contribution in [0.15, 0.2) is 28.4 Å². The summed E-state index contributed by atoms with van der Waals surface area (Å²) in [6.07, 6.45) is 7.82. The number of ether oxygens (including phenoxy) is 1. The molecule has 1 aromatic heterocycles. The number of piperidine rings is 1. The van der Waals surface area contributed by atoms with Gasteiger partial charge in [-0.05, 0) is 63.9 Å². The van der Waals surface area contributed by atoms with Gasteiger partial charge in [0, 0.05) is 31.0 Å². The number of nitrogens with zero attached hydrogens (tertiary/aromatic N) is 3. The number of carbonyl (C=O) groups is 2. The first-order valence-corrected chi connectivity index (χ1v) is 9.85. The Labute approximate surface area is 163 Å². The van der Waals surface area contributed by atoms with Gasteiger partial charge in [0.1, 0.15) is 5.60 Å². The molecule has 2 aliphatic heterocycles. The maximum absolute atomic E-state index is 12.3. The highest BCUT2D eigenvalue weighted by molar-refractivity contribution is 8.18. The molecule has 27 heavy (non-hydrogen) atoms. The minimum atomic E-state index is -0.593. The van der Waals surface area contributed by atoms with Crippen molar-refractivity contribution in [2.75, 3.05) is 18.4 Å². The van der Waals surface area contributed by atoms with E-state index in [2.05, 4.69) is 20.2 Å². The number of aliphatic imine (C=N–C) groups is 1. The van der Waals surface area contributed by atoms with Crippen molar-refractivity contribution in [3.63, 3.8) is 0 Å². The molecular formula is C19H24N4O3S. The van der Waals surface area contributed by atoms with E-state index in [9.17, 15) is 9.59 Å². The van der Waals surface area contributed by atoms with Crippen LogP contribution in [-0.2, 0) is 9.53 Å². The first-order chi connectivity index (χ1) is 12.8. The van der Waals surface area contributed by atoms with E-state index in [4.69, 9.17) is 4.74 Å². The van der Waals surface area contributed by atoms with Gasteiger partial charge in [-0.2, -0.15) is 4.99 Å². The normalized spacial score (nSPS) is 19.2. The number of amides is 2. The van der Waals surface area contributed by atoms with Gasteiger partial charge < -0.3 is 9.64 Å². The fourth-order valence-electron chi connectivity index (χ4n) is 2.81. The highest BCUT2D eigenvalue weighted by Crippen LogP contribution is 2.32. The molecule has 1 aromatic rings. The summed E-state index contributed by atoms with van der Waals surface area (Å²) in [4.78, 5) is 35.4. The van der Waals surface area contributed by atoms with Crippen molar-refractivity contribution in [2.45, 2.75) is 45.6 Å². The molecule has 0 atom stereocenters. The van der Waals surface area contributed by atoms with Gasteiger partial charge in [0.05, 0.1) is 10.6 Å². The molecule has 144 valence electrons. The van der Waals surface area contributed by atoms with E-state index >= 15 is 0 Å². The summed E-state index contributed by atoms with van der Waals surface area (Å²) < 4.78 is 5.29. The Bertz CT molecular complexity index is 792. The number of hydrogen-bond acceptors (Lipinski definition) is 6. The summed E-state index contributed by atoms with van der Waals surface area (Å²) in [6.45, 7) is 7.27. The molecule has 8 heteroatoms. The molecular weight excluding hydrogens is 364 g/mol. The second-order valence-electron chi connectivity index (χ2n) is 7.45. The average molecular weight is 388 g/mol. The van der Waals surface area contributed by atoms with Crippen LogP contribution in [0.25, 0.3) is 6.08 Å². The number of nitrogens with one attached hydrogen (secondary N) is 1. The summed E-state index contributed by atoms with van der Waals surface area (Å²) in [5, 5.41) is 3.48. The molecule has 0 spiro atoms. The Kier molecular flexibility index (Phi) is 5.84. The number of aromatic nitrogens is 1. The average Bonchev–Trinajstić information content (AvgIpc) is 2.96. The second-order valence-corrected chi connectivity index (χ2v) is 8.46. The minimum absolute atomic E-state index is 0.257. The lowest BCUT2D eigenvalue weighted by Crippen LogP contribution is -2.33. The zero-order chi connectivity index (χ0) is 19.4. The van der Waals surface area contributed by atoms with Crippen LogP contribution in [0.3, 0.4) is 0 Å². The number of thioether (sulfide) groups is 1. The Morgan fingerprint density at radius 2 is 2.04 bits per heavy atom. The molecule has 2 aliphatic rings. The molecule has 1 N–H and O–H groups in total. The first kappa shape index (κ1) is 19.4. The Balaban J connectivity index is 1.74. The van der Waals surface area contributed by atoms with Crippen molar-refractivity contribution in [1.82, 2.24) is 9.88 Å². The van der Waals surface area contributed by atoms with E-state index in [1.54, 1.807) is 45.3 Å². The topological polar surface area (TPSA) is 83.9 Å². The van der Waals surface area contributed by atoms with Crippen LogP contribution >= 0.6 is 11.8 Å². The summed E-state index contributed by atoms with van der Waals surface area (Å²) in [7, 11) is 0. The number of anilines is 1. The zero-order valence-electron chi connectivity index (χ0n) is 15.8. The van der Waals surface area contributed by atoms with E-state index < -0.39 is 11.7 Å². The van der Waals surface area contributed by atoms with E-state index in [1.165, 1.54) is 18.2 Å². The summed E-state index contributed by atoms with van der Waals surface area (Å²) in [5.74, 6) is -0.257. The van der Waals surface area contributed by atoms with Gasteiger partial charge in [0.2, 0.25) is 0 Å². The number of carbonyl (C=O) groups excluding carboxylic acids is 2. The summed E-state index contributed by atoms with van der Waals surface area (Å²) >= 11 is 1.37. The number of amidine groups is 1. The van der Waals surface area contributed by atoms with Crippen molar-refractivity contribution < 1.29 is 14.3 Å². The van der Waals surface area contributed by atoms with Gasteiger partial charge in [0.15, 0.2) is 5.17 Å². The quantitative estimate of drug-likeness (QED) is 0.774. The van der Waals surface area contributed by atoms with E-state index in [1.807, 2.05) is 0 Å². The van der Waals surface area contributed by atoms with Crippen LogP contribution in [0.4, 0.5) is 10.5 Å². The fraction of sp³-hybridized carbons (Fsp3) is 0.474. The molecule has 1 saturated heterocycles. The number of likely N-dealkylation sites (tertiary alicyclic amines) is 1. The Morgan fingerprint density at radius 3 is 2.74 bits per heavy atom. The summed E-state index contributed by atoms with van der Waals surface area (Å²) in [6, 6.07) is 1.67. The van der Waals surface area contributed by atoms with Crippen LogP contribution in [0.5, 0.6) is 0 Å². The lowest BCUT2D eigenvalue weighted by Gasteiger charge is -2.27. The van der Waals surface area contributed by atoms with Crippen LogP contribution in [0, 0.1) is 0 Å². The third-order valence-corrected chi connectivity index (χ3v) is 5.05. The molecule has 3 heterocycles. The van der Waals surface area contributed by atoms with Gasteiger partial charge in [-0.25, -0.2) is 4.79 Å². The van der Waals surface area contributed by atoms with Gasteiger partial charge in [-0.15, -0.1) is 0 Å². The molecule has 7 nitrogen and oxygen atoms in total. The van der Waals surface area contributed by atoms with E-state index in [0.717, 1.165) is 31.1 Å². The maximum Gasteiger partial charge on any atom is 0.412 e. The molecule has 3 rings (SSSR count). The smallest absolute Gasteiger partial charge is 0.412 e. The van der Waals surface area contributed by atoms with Crippen molar-refractivity contribution in [1.29, 1.82) is 0 Å². The highest BCUT2D eigenvalue weighted by Gasteiger charge is 2.27. The van der Waals surface area contributed by atoms with Crippen molar-refractivity contribution in [2.24, 2.45) is 4.99 Å². The maximum atomic E-state index is 12.3. The van der Waals surface area contributed by atoms with E-state index in [-0.39, 0.29) is 5.91 Å². The predicted molar refractivity (Wildman–Crippen MR) is 108 cm³/mol. The van der Waals surface area contributed by atoms with Crippen molar-refractivity contribution in [3.8, 4) is 0 Å². The number of pyridine rings is 1. The third-order valence-electron chi connectivity index (χ3n) is 4.01. The van der Waals surface area contributed by atoms with Gasteiger partial charge in [-0.3, -0.25) is 15.1 Å². The molecule has 2 amide bonds. The number of rotatable bonds is 2. The van der Waals surface area contributed by atoms with Gasteiger partial charge in [-0.1, -0.05) is 0 Å². The largest absolute Gasteiger partial charge is 0.444 e. The summed E-state index contributed by atoms with van der Waals surface area (Å²) in [5.41, 5.74) is 0.574. The third kappa shape index (κ3) is 5.32. The molecule has 1 fully saturated rings. The standard InChI is InChI=1S/C19H24N4O3S/c1-19(2,3)26-18(25)21-14-7-8-20-12-13(14)11-15-16(24)22-17(27-15)23-9-5-4-6-10-23/h7-8,11-12H,4-6,9-10H2,1-3H3,(H,20,21,25)/b15-11+. The molecule has 0 radical (unpaired) electrons. The first-order valence-electron chi connectivity index (χ1n) is 9.03. The van der Waals surface area contributed by atoms with Crippen molar-refractivity contribution in [3.05, 3.63) is 28.9 Å². The molecule has 0 unspecified atom stereocenters. The highest BCUT2D eigenvalue weighted by atomic mass is 32.2. The SMILES string of the molecule is CC(C)(C)OC(=O)Nc1ccncc1/C=C1/SC(N2CCCCC2)=NC1=O. The van der Waals surface area contributed by atoms with Crippen LogP contribution < -0.4 is 5.32 Å². The van der Waals surface area contributed by atoms with E-state index in [0.29, 0.717) is 16.2 Å². The van der Waals surface area contributed by atoms with Crippen LogP contribution in [0.2, 0.25) is 0 Å². The Morgan fingerprint density at radius 1 is 1.30 bits per heavy atom. The number of hydrogen-bond donors (Lipinski definition) is 1. The van der Waals surface area contributed by atoms with Crippen LogP contribution in [-0.4, -0.2) is 45.7 Å². The molecule has 0 aliphatic carbocycles. The second kappa shape index (κ2) is 8.12.